The second-order valence-electron chi connectivity index (χ2n) is 5.89. The fraction of sp³-hybridized carbons (Fsp3) is 0.263. The molecule has 0 saturated heterocycles. The van der Waals surface area contributed by atoms with Gasteiger partial charge < -0.3 is 19.7 Å². The zero-order chi connectivity index (χ0) is 20.8. The van der Waals surface area contributed by atoms with Crippen molar-refractivity contribution in [2.75, 3.05) is 13.2 Å². The Balaban J connectivity index is 1.73. The van der Waals surface area contributed by atoms with E-state index < -0.39 is 11.9 Å². The Labute approximate surface area is 176 Å². The molecular formula is C19H17Cl3O6. The number of aryl methyl sites for hydroxylation is 1. The molecular weight excluding hydrogens is 431 g/mol. The number of carbonyl (C=O) groups excluding carboxylic acids is 2. The first-order chi connectivity index (χ1) is 13.2. The number of hydrogen-bond donors (Lipinski definition) is 2. The highest BCUT2D eigenvalue weighted by atomic mass is 35.5. The zero-order valence-corrected chi connectivity index (χ0v) is 17.1. The van der Waals surface area contributed by atoms with Crippen molar-refractivity contribution in [1.82, 2.24) is 0 Å². The summed E-state index contributed by atoms with van der Waals surface area (Å²) in [5.74, 6) is -1.56. The molecule has 0 amide bonds. The van der Waals surface area contributed by atoms with Gasteiger partial charge in [-0.2, -0.15) is 0 Å². The number of benzene rings is 2. The molecule has 9 heteroatoms. The highest BCUT2D eigenvalue weighted by molar-refractivity contribution is 6.37. The average Bonchev–Trinajstić information content (AvgIpc) is 2.65. The maximum Gasteiger partial charge on any atom is 0.338 e. The van der Waals surface area contributed by atoms with Crippen LogP contribution in [0.5, 0.6) is 11.5 Å². The Morgan fingerprint density at radius 2 is 1.18 bits per heavy atom. The largest absolute Gasteiger partial charge is 0.506 e. The van der Waals surface area contributed by atoms with Gasteiger partial charge in [0.15, 0.2) is 5.75 Å². The van der Waals surface area contributed by atoms with Crippen molar-refractivity contribution in [3.8, 4) is 11.5 Å². The first-order valence-corrected chi connectivity index (χ1v) is 9.35. The Morgan fingerprint density at radius 3 is 1.61 bits per heavy atom. The van der Waals surface area contributed by atoms with Gasteiger partial charge in [-0.25, -0.2) is 9.59 Å². The molecule has 0 aliphatic rings. The van der Waals surface area contributed by atoms with Crippen LogP contribution in [0.1, 0.15) is 39.1 Å². The molecule has 2 aromatic carbocycles. The number of esters is 2. The number of hydrogen-bond acceptors (Lipinski definition) is 6. The lowest BCUT2D eigenvalue weighted by Gasteiger charge is -2.09. The molecule has 28 heavy (non-hydrogen) atoms. The van der Waals surface area contributed by atoms with E-state index in [1.807, 2.05) is 0 Å². The van der Waals surface area contributed by atoms with Gasteiger partial charge in [0.25, 0.3) is 0 Å². The SMILES string of the molecule is Cc1cc(C(=O)OCCCCOC(=O)c2cc(Cl)c(O)c(Cl)c2)cc(Cl)c1O. The zero-order valence-electron chi connectivity index (χ0n) is 14.8. The minimum Gasteiger partial charge on any atom is -0.506 e. The second kappa shape index (κ2) is 9.87. The van der Waals surface area contributed by atoms with Crippen LogP contribution < -0.4 is 0 Å². The van der Waals surface area contributed by atoms with E-state index >= 15 is 0 Å². The molecule has 2 N–H and O–H groups in total. The lowest BCUT2D eigenvalue weighted by atomic mass is 10.1. The summed E-state index contributed by atoms with van der Waals surface area (Å²) in [6, 6.07) is 5.34. The summed E-state index contributed by atoms with van der Waals surface area (Å²) < 4.78 is 10.2. The molecule has 0 fully saturated rings. The Hall–Kier alpha value is -2.15. The monoisotopic (exact) mass is 446 g/mol. The van der Waals surface area contributed by atoms with Crippen LogP contribution in [-0.2, 0) is 9.47 Å². The number of aromatic hydroxyl groups is 2. The summed E-state index contributed by atoms with van der Waals surface area (Å²) in [4.78, 5) is 23.9. The van der Waals surface area contributed by atoms with Crippen molar-refractivity contribution in [1.29, 1.82) is 0 Å². The summed E-state index contributed by atoms with van der Waals surface area (Å²) in [7, 11) is 0. The molecule has 6 nitrogen and oxygen atoms in total. The number of rotatable bonds is 7. The normalized spacial score (nSPS) is 10.6. The van der Waals surface area contributed by atoms with Gasteiger partial charge in [0.1, 0.15) is 5.75 Å². The summed E-state index contributed by atoms with van der Waals surface area (Å²) in [6.45, 7) is 1.86. The summed E-state index contributed by atoms with van der Waals surface area (Å²) in [5.41, 5.74) is 0.840. The van der Waals surface area contributed by atoms with Crippen molar-refractivity contribution in [3.05, 3.63) is 56.0 Å². The minimum atomic E-state index is -0.630. The van der Waals surface area contributed by atoms with Crippen LogP contribution in [0, 0.1) is 6.92 Å². The van der Waals surface area contributed by atoms with Gasteiger partial charge in [0.2, 0.25) is 0 Å². The van der Waals surface area contributed by atoms with Crippen LogP contribution in [0.15, 0.2) is 24.3 Å². The third-order valence-corrected chi connectivity index (χ3v) is 4.61. The van der Waals surface area contributed by atoms with Crippen LogP contribution in [0.3, 0.4) is 0 Å². The molecule has 0 heterocycles. The van der Waals surface area contributed by atoms with Crippen LogP contribution in [0.25, 0.3) is 0 Å². The van der Waals surface area contributed by atoms with Gasteiger partial charge in [-0.1, -0.05) is 34.8 Å². The predicted molar refractivity (Wildman–Crippen MR) is 106 cm³/mol. The molecule has 0 aliphatic heterocycles. The average molecular weight is 448 g/mol. The first kappa shape index (κ1) is 22.1. The van der Waals surface area contributed by atoms with E-state index in [1.54, 1.807) is 6.92 Å². The number of phenols is 2. The molecule has 0 aromatic heterocycles. The Kier molecular flexibility index (Phi) is 7.80. The van der Waals surface area contributed by atoms with E-state index in [1.165, 1.54) is 24.3 Å². The topological polar surface area (TPSA) is 93.1 Å². The van der Waals surface area contributed by atoms with Gasteiger partial charge >= 0.3 is 11.9 Å². The van der Waals surface area contributed by atoms with Gasteiger partial charge in [-0.15, -0.1) is 0 Å². The van der Waals surface area contributed by atoms with Gasteiger partial charge in [-0.3, -0.25) is 0 Å². The maximum atomic E-state index is 12.0. The van der Waals surface area contributed by atoms with E-state index in [0.717, 1.165) is 0 Å². The third-order valence-electron chi connectivity index (χ3n) is 3.75. The van der Waals surface area contributed by atoms with E-state index in [9.17, 15) is 19.8 Å². The summed E-state index contributed by atoms with van der Waals surface area (Å²) in [5, 5.41) is 19.1. The Bertz CT molecular complexity index is 778. The Morgan fingerprint density at radius 1 is 0.786 bits per heavy atom. The van der Waals surface area contributed by atoms with Crippen molar-refractivity contribution in [3.63, 3.8) is 0 Å². The van der Waals surface area contributed by atoms with Crippen molar-refractivity contribution >= 4 is 46.7 Å². The molecule has 2 aromatic rings. The molecule has 0 aliphatic carbocycles. The van der Waals surface area contributed by atoms with E-state index in [4.69, 9.17) is 44.3 Å². The predicted octanol–water partition coefficient (Wildman–Crippen LogP) is 5.16. The standard InChI is InChI=1S/C19H17Cl3O6/c1-10-6-11(7-13(20)16(10)23)18(25)27-4-2-3-5-28-19(26)12-8-14(21)17(24)15(22)9-12/h6-9,23-24H,2-5H2,1H3. The fourth-order valence-electron chi connectivity index (χ4n) is 2.24. The van der Waals surface area contributed by atoms with Crippen LogP contribution in [0.4, 0.5) is 0 Å². The highest BCUT2D eigenvalue weighted by Crippen LogP contribution is 2.33. The lowest BCUT2D eigenvalue weighted by molar-refractivity contribution is 0.0432. The highest BCUT2D eigenvalue weighted by Gasteiger charge is 2.14. The van der Waals surface area contributed by atoms with E-state index in [2.05, 4.69) is 0 Å². The first-order valence-electron chi connectivity index (χ1n) is 8.22. The van der Waals surface area contributed by atoms with Crippen molar-refractivity contribution in [2.45, 2.75) is 19.8 Å². The number of unbranched alkanes of at least 4 members (excludes halogenated alkanes) is 1. The van der Waals surface area contributed by atoms with Crippen molar-refractivity contribution in [2.24, 2.45) is 0 Å². The van der Waals surface area contributed by atoms with Gasteiger partial charge in [0, 0.05) is 0 Å². The van der Waals surface area contributed by atoms with Gasteiger partial charge in [0.05, 0.1) is 39.4 Å². The quantitative estimate of drug-likeness (QED) is 0.450. The molecule has 0 atom stereocenters. The van der Waals surface area contributed by atoms with Crippen molar-refractivity contribution < 1.29 is 29.3 Å². The van der Waals surface area contributed by atoms with E-state index in [-0.39, 0.29) is 50.9 Å². The number of carbonyl (C=O) groups is 2. The number of phenolic OH excluding ortho intramolecular Hbond substituents is 2. The van der Waals surface area contributed by atoms with Crippen LogP contribution in [0.2, 0.25) is 15.1 Å². The molecule has 150 valence electrons. The molecule has 0 spiro atoms. The minimum absolute atomic E-state index is 0.0454. The number of halogens is 3. The molecule has 0 unspecified atom stereocenters. The molecule has 2 rings (SSSR count). The maximum absolute atomic E-state index is 12.0. The molecule has 0 radical (unpaired) electrons. The second-order valence-corrected chi connectivity index (χ2v) is 7.11. The smallest absolute Gasteiger partial charge is 0.338 e. The van der Waals surface area contributed by atoms with Crippen LogP contribution in [-0.4, -0.2) is 35.4 Å². The van der Waals surface area contributed by atoms with E-state index in [0.29, 0.717) is 18.4 Å². The number of ether oxygens (including phenoxy) is 2. The van der Waals surface area contributed by atoms with Crippen LogP contribution >= 0.6 is 34.8 Å². The summed E-state index contributed by atoms with van der Waals surface area (Å²) >= 11 is 17.4. The fourth-order valence-corrected chi connectivity index (χ4v) is 2.99. The molecule has 0 saturated carbocycles. The van der Waals surface area contributed by atoms with Gasteiger partial charge in [-0.05, 0) is 49.6 Å². The third kappa shape index (κ3) is 5.67. The summed E-state index contributed by atoms with van der Waals surface area (Å²) in [6.07, 6.45) is 0.939. The lowest BCUT2D eigenvalue weighted by Crippen LogP contribution is -2.09. The molecule has 0 bridgehead atoms.